The van der Waals surface area contributed by atoms with E-state index in [9.17, 15) is 22.4 Å². The second-order valence-corrected chi connectivity index (χ2v) is 10.6. The number of fused-ring (bicyclic) bond motifs is 1. The number of sulfone groups is 1. The highest BCUT2D eigenvalue weighted by Crippen LogP contribution is 2.37. The highest BCUT2D eigenvalue weighted by atomic mass is 32.2. The van der Waals surface area contributed by atoms with Gasteiger partial charge in [0.2, 0.25) is 0 Å². The van der Waals surface area contributed by atoms with Crippen molar-refractivity contribution in [2.45, 2.75) is 32.2 Å². The zero-order valence-corrected chi connectivity index (χ0v) is 20.8. The summed E-state index contributed by atoms with van der Waals surface area (Å²) >= 11 is 0. The minimum Gasteiger partial charge on any atom is -0.461 e. The van der Waals surface area contributed by atoms with Crippen LogP contribution in [-0.4, -0.2) is 36.8 Å². The molecule has 1 unspecified atom stereocenters. The SMILES string of the molecule is CCOC(=O)c1[nH]c2c(C(C)n3cc(CN)oc3=O)cccc2c1-c1ccc(CS(C)(=O)=O)c(F)c1. The van der Waals surface area contributed by atoms with Gasteiger partial charge in [0, 0.05) is 22.8 Å². The lowest BCUT2D eigenvalue weighted by atomic mass is 9.98. The number of aromatic amines is 1. The molecule has 190 valence electrons. The maximum absolute atomic E-state index is 14.9. The molecule has 0 fully saturated rings. The number of rotatable bonds is 8. The molecule has 2 heterocycles. The van der Waals surface area contributed by atoms with E-state index in [1.807, 2.05) is 0 Å². The summed E-state index contributed by atoms with van der Waals surface area (Å²) in [7, 11) is -3.44. The number of ether oxygens (including phenoxy) is 1. The Balaban J connectivity index is 1.92. The van der Waals surface area contributed by atoms with Gasteiger partial charge in [-0.05, 0) is 31.0 Å². The minimum atomic E-state index is -3.44. The summed E-state index contributed by atoms with van der Waals surface area (Å²) in [5, 5.41) is 0.605. The molecule has 11 heteroatoms. The Bertz CT molecular complexity index is 1620. The fraction of sp³-hybridized carbons (Fsp3) is 0.280. The molecule has 0 amide bonds. The van der Waals surface area contributed by atoms with Crippen LogP contribution in [0.3, 0.4) is 0 Å². The van der Waals surface area contributed by atoms with Crippen LogP contribution < -0.4 is 11.5 Å². The largest absolute Gasteiger partial charge is 0.461 e. The van der Waals surface area contributed by atoms with Crippen LogP contribution in [-0.2, 0) is 26.9 Å². The molecule has 9 nitrogen and oxygen atoms in total. The quantitative estimate of drug-likeness (QED) is 0.343. The Labute approximate surface area is 206 Å². The topological polar surface area (TPSA) is 137 Å². The summed E-state index contributed by atoms with van der Waals surface area (Å²) in [6, 6.07) is 9.02. The first-order chi connectivity index (χ1) is 17.0. The molecule has 3 N–H and O–H groups in total. The van der Waals surface area contributed by atoms with Crippen LogP contribution in [0.1, 0.15) is 47.3 Å². The monoisotopic (exact) mass is 515 g/mol. The fourth-order valence-electron chi connectivity index (χ4n) is 4.26. The van der Waals surface area contributed by atoms with Crippen molar-refractivity contribution in [3.05, 3.63) is 81.5 Å². The Kier molecular flexibility index (Phi) is 6.87. The van der Waals surface area contributed by atoms with Gasteiger partial charge >= 0.3 is 11.7 Å². The number of halogens is 1. The number of nitrogens with two attached hydrogens (primary N) is 1. The van der Waals surface area contributed by atoms with Crippen LogP contribution in [0, 0.1) is 5.82 Å². The predicted octanol–water partition coefficient (Wildman–Crippen LogP) is 3.52. The van der Waals surface area contributed by atoms with E-state index >= 15 is 0 Å². The first-order valence-corrected chi connectivity index (χ1v) is 13.3. The van der Waals surface area contributed by atoms with Crippen molar-refractivity contribution >= 4 is 26.7 Å². The number of hydrogen-bond acceptors (Lipinski definition) is 7. The molecule has 2 aromatic carbocycles. The number of aromatic nitrogens is 2. The molecule has 1 atom stereocenters. The van der Waals surface area contributed by atoms with Crippen molar-refractivity contribution in [1.29, 1.82) is 0 Å². The van der Waals surface area contributed by atoms with E-state index in [1.165, 1.54) is 22.9 Å². The third-order valence-corrected chi connectivity index (χ3v) is 6.72. The first kappa shape index (κ1) is 25.4. The Hall–Kier alpha value is -3.70. The molecular weight excluding hydrogens is 489 g/mol. The molecular formula is C25H26FN3O6S. The lowest BCUT2D eigenvalue weighted by Crippen LogP contribution is -2.18. The van der Waals surface area contributed by atoms with Crippen molar-refractivity contribution in [3.8, 4) is 11.1 Å². The smallest absolute Gasteiger partial charge is 0.419 e. The number of carbonyl (C=O) groups is 1. The van der Waals surface area contributed by atoms with E-state index in [1.54, 1.807) is 38.1 Å². The maximum atomic E-state index is 14.9. The van der Waals surface area contributed by atoms with Crippen LogP contribution in [0.15, 0.2) is 51.8 Å². The van der Waals surface area contributed by atoms with E-state index in [4.69, 9.17) is 14.9 Å². The van der Waals surface area contributed by atoms with Crippen molar-refractivity contribution in [3.63, 3.8) is 0 Å². The third kappa shape index (κ3) is 4.84. The molecule has 0 saturated heterocycles. The number of esters is 1. The number of carbonyl (C=O) groups excluding carboxylic acids is 1. The molecule has 0 saturated carbocycles. The molecule has 4 aromatic rings. The molecule has 0 aliphatic heterocycles. The second-order valence-electron chi connectivity index (χ2n) is 8.49. The highest BCUT2D eigenvalue weighted by molar-refractivity contribution is 7.89. The Morgan fingerprint density at radius 3 is 2.64 bits per heavy atom. The first-order valence-electron chi connectivity index (χ1n) is 11.2. The average Bonchev–Trinajstić information content (AvgIpc) is 3.39. The number of nitrogens with one attached hydrogen (secondary N) is 1. The third-order valence-electron chi connectivity index (χ3n) is 5.89. The summed E-state index contributed by atoms with van der Waals surface area (Å²) < 4.78 is 50.0. The van der Waals surface area contributed by atoms with Crippen LogP contribution in [0.2, 0.25) is 0 Å². The van der Waals surface area contributed by atoms with E-state index < -0.39 is 39.2 Å². The molecule has 0 aliphatic rings. The van der Waals surface area contributed by atoms with Gasteiger partial charge in [-0.3, -0.25) is 4.57 Å². The number of para-hydroxylation sites is 1. The van der Waals surface area contributed by atoms with Crippen molar-refractivity contribution in [1.82, 2.24) is 9.55 Å². The fourth-order valence-corrected chi connectivity index (χ4v) is 5.06. The lowest BCUT2D eigenvalue weighted by Gasteiger charge is -2.13. The number of benzene rings is 2. The molecule has 0 radical (unpaired) electrons. The lowest BCUT2D eigenvalue weighted by molar-refractivity contribution is 0.0521. The van der Waals surface area contributed by atoms with Gasteiger partial charge < -0.3 is 19.9 Å². The molecule has 0 spiro atoms. The van der Waals surface area contributed by atoms with Crippen molar-refractivity contribution in [2.75, 3.05) is 12.9 Å². The van der Waals surface area contributed by atoms with Crippen LogP contribution in [0.5, 0.6) is 0 Å². The minimum absolute atomic E-state index is 0.0307. The van der Waals surface area contributed by atoms with Gasteiger partial charge in [-0.25, -0.2) is 22.4 Å². The summed E-state index contributed by atoms with van der Waals surface area (Å²) in [6.07, 6.45) is 2.57. The van der Waals surface area contributed by atoms with Crippen molar-refractivity contribution in [2.24, 2.45) is 5.73 Å². The normalized spacial score (nSPS) is 12.7. The summed E-state index contributed by atoms with van der Waals surface area (Å²) in [5.41, 5.74) is 7.77. The maximum Gasteiger partial charge on any atom is 0.419 e. The van der Waals surface area contributed by atoms with Crippen LogP contribution in [0.25, 0.3) is 22.0 Å². The number of oxazole rings is 1. The molecule has 2 aromatic heterocycles. The predicted molar refractivity (Wildman–Crippen MR) is 133 cm³/mol. The van der Waals surface area contributed by atoms with Gasteiger partial charge in [-0.15, -0.1) is 0 Å². The van der Waals surface area contributed by atoms with Crippen LogP contribution >= 0.6 is 0 Å². The molecule has 0 bridgehead atoms. The van der Waals surface area contributed by atoms with E-state index in [-0.39, 0.29) is 24.4 Å². The Morgan fingerprint density at radius 2 is 2.03 bits per heavy atom. The highest BCUT2D eigenvalue weighted by Gasteiger charge is 2.25. The van der Waals surface area contributed by atoms with E-state index in [2.05, 4.69) is 4.98 Å². The van der Waals surface area contributed by atoms with E-state index in [0.717, 1.165) is 6.26 Å². The second kappa shape index (κ2) is 9.75. The molecule has 0 aliphatic carbocycles. The zero-order chi connectivity index (χ0) is 26.2. The van der Waals surface area contributed by atoms with Gasteiger partial charge in [0.05, 0.1) is 36.7 Å². The Morgan fingerprint density at radius 1 is 1.28 bits per heavy atom. The number of nitrogens with zero attached hydrogens (tertiary/aromatic N) is 1. The van der Waals surface area contributed by atoms with Gasteiger partial charge in [0.15, 0.2) is 9.84 Å². The summed E-state index contributed by atoms with van der Waals surface area (Å²) in [4.78, 5) is 28.4. The average molecular weight is 516 g/mol. The molecule has 4 rings (SSSR count). The summed E-state index contributed by atoms with van der Waals surface area (Å²) in [5.74, 6) is -2.01. The number of H-pyrrole nitrogens is 1. The van der Waals surface area contributed by atoms with Gasteiger partial charge in [-0.2, -0.15) is 0 Å². The van der Waals surface area contributed by atoms with Gasteiger partial charge in [-0.1, -0.05) is 30.3 Å². The van der Waals surface area contributed by atoms with E-state index in [0.29, 0.717) is 33.4 Å². The van der Waals surface area contributed by atoms with Gasteiger partial charge in [0.25, 0.3) is 0 Å². The molecule has 36 heavy (non-hydrogen) atoms. The summed E-state index contributed by atoms with van der Waals surface area (Å²) in [6.45, 7) is 3.68. The number of hydrogen-bond donors (Lipinski definition) is 2. The van der Waals surface area contributed by atoms with Crippen molar-refractivity contribution < 1.29 is 26.8 Å². The van der Waals surface area contributed by atoms with Crippen LogP contribution in [0.4, 0.5) is 4.39 Å². The zero-order valence-electron chi connectivity index (χ0n) is 20.0. The standard InChI is InChI=1S/C25H26FN3O6S/c1-4-34-24(30)23-21(15-8-9-16(20(26)10-15)13-36(3,32)33)19-7-5-6-18(22(19)28-23)14(2)29-12-17(11-27)35-25(29)31/h5-10,12,14,28H,4,11,13,27H2,1-3H3. The van der Waals surface area contributed by atoms with Gasteiger partial charge in [0.1, 0.15) is 17.3 Å².